The Morgan fingerprint density at radius 1 is 1.00 bits per heavy atom. The van der Waals surface area contributed by atoms with Crippen molar-refractivity contribution >= 4 is 5.91 Å². The van der Waals surface area contributed by atoms with E-state index >= 15 is 0 Å². The molecule has 1 amide bonds. The Bertz CT molecular complexity index is 276. The van der Waals surface area contributed by atoms with Crippen LogP contribution in [0.15, 0.2) is 0 Å². The number of aliphatic hydroxyl groups excluding tert-OH is 2. The summed E-state index contributed by atoms with van der Waals surface area (Å²) in [6.07, 6.45) is 7.17. The summed E-state index contributed by atoms with van der Waals surface area (Å²) in [4.78, 5) is 11.9. The summed E-state index contributed by atoms with van der Waals surface area (Å²) in [6, 6.07) is -0.267. The average molecular weight is 255 g/mol. The first kappa shape index (κ1) is 13.8. The lowest BCUT2D eigenvalue weighted by Gasteiger charge is -2.25. The number of hydrogen-bond acceptors (Lipinski definition) is 3. The van der Waals surface area contributed by atoms with Crippen LogP contribution in [-0.2, 0) is 4.79 Å². The van der Waals surface area contributed by atoms with Crippen molar-refractivity contribution in [3.8, 4) is 0 Å². The van der Waals surface area contributed by atoms with Crippen LogP contribution in [0.2, 0.25) is 0 Å². The molecule has 2 saturated carbocycles. The molecule has 2 fully saturated rings. The molecule has 3 N–H and O–H groups in total. The summed E-state index contributed by atoms with van der Waals surface area (Å²) >= 11 is 0. The van der Waals surface area contributed by atoms with Gasteiger partial charge in [0.2, 0.25) is 5.91 Å². The second-order valence-corrected chi connectivity index (χ2v) is 5.87. The van der Waals surface area contributed by atoms with Crippen molar-refractivity contribution in [3.63, 3.8) is 0 Å². The highest BCUT2D eigenvalue weighted by atomic mass is 16.3. The van der Waals surface area contributed by atoms with E-state index < -0.39 is 12.2 Å². The SMILES string of the molecule is O=C(CC1CCCC1)N[C@@H]1CCCC[C@@H](O)[C@@H]1O. The maximum absolute atomic E-state index is 11.9. The van der Waals surface area contributed by atoms with Gasteiger partial charge in [0.25, 0.3) is 0 Å². The first-order valence-corrected chi connectivity index (χ1v) is 7.32. The van der Waals surface area contributed by atoms with Crippen LogP contribution < -0.4 is 5.32 Å². The van der Waals surface area contributed by atoms with Crippen molar-refractivity contribution in [2.45, 2.75) is 76.0 Å². The fourth-order valence-corrected chi connectivity index (χ4v) is 3.23. The van der Waals surface area contributed by atoms with Crippen LogP contribution >= 0.6 is 0 Å². The average Bonchev–Trinajstić information content (AvgIpc) is 2.79. The number of carbonyl (C=O) groups excluding carboxylic acids is 1. The van der Waals surface area contributed by atoms with Crippen LogP contribution in [0.1, 0.15) is 57.8 Å². The summed E-state index contributed by atoms with van der Waals surface area (Å²) < 4.78 is 0. The zero-order valence-corrected chi connectivity index (χ0v) is 11.0. The minimum atomic E-state index is -0.806. The molecule has 0 aromatic rings. The zero-order valence-electron chi connectivity index (χ0n) is 11.0. The van der Waals surface area contributed by atoms with Crippen molar-refractivity contribution < 1.29 is 15.0 Å². The molecule has 18 heavy (non-hydrogen) atoms. The predicted molar refractivity (Wildman–Crippen MR) is 69.0 cm³/mol. The first-order chi connectivity index (χ1) is 8.66. The molecule has 104 valence electrons. The van der Waals surface area contributed by atoms with Gasteiger partial charge in [-0.25, -0.2) is 0 Å². The lowest BCUT2D eigenvalue weighted by atomic mass is 10.0. The van der Waals surface area contributed by atoms with Gasteiger partial charge in [-0.1, -0.05) is 25.7 Å². The molecule has 0 aromatic carbocycles. The normalized spacial score (nSPS) is 34.2. The van der Waals surface area contributed by atoms with Crippen LogP contribution in [0.4, 0.5) is 0 Å². The van der Waals surface area contributed by atoms with Crippen molar-refractivity contribution in [1.82, 2.24) is 5.32 Å². The summed E-state index contributed by atoms with van der Waals surface area (Å²) in [5, 5.41) is 22.6. The highest BCUT2D eigenvalue weighted by Crippen LogP contribution is 2.27. The number of carbonyl (C=O) groups is 1. The molecular formula is C14H25NO3. The van der Waals surface area contributed by atoms with E-state index in [1.807, 2.05) is 0 Å². The standard InChI is InChI=1S/C14H25NO3/c16-12-8-4-3-7-11(14(12)18)15-13(17)9-10-5-1-2-6-10/h10-12,14,16,18H,1-9H2,(H,15,17)/t11-,12-,14-/m1/s1. The van der Waals surface area contributed by atoms with Crippen molar-refractivity contribution in [2.24, 2.45) is 5.92 Å². The minimum Gasteiger partial charge on any atom is -0.390 e. The quantitative estimate of drug-likeness (QED) is 0.667. The van der Waals surface area contributed by atoms with E-state index in [2.05, 4.69) is 5.32 Å². The van der Waals surface area contributed by atoms with Gasteiger partial charge in [0.05, 0.1) is 18.2 Å². The van der Waals surface area contributed by atoms with Gasteiger partial charge in [-0.2, -0.15) is 0 Å². The molecule has 0 aliphatic heterocycles. The number of aliphatic hydroxyl groups is 2. The summed E-state index contributed by atoms with van der Waals surface area (Å²) in [7, 11) is 0. The number of amides is 1. The molecule has 4 heteroatoms. The van der Waals surface area contributed by atoms with E-state index in [-0.39, 0.29) is 11.9 Å². The monoisotopic (exact) mass is 255 g/mol. The highest BCUT2D eigenvalue weighted by molar-refractivity contribution is 5.76. The van der Waals surface area contributed by atoms with Gasteiger partial charge < -0.3 is 15.5 Å². The number of rotatable bonds is 3. The predicted octanol–water partition coefficient (Wildman–Crippen LogP) is 1.35. The van der Waals surface area contributed by atoms with E-state index in [0.29, 0.717) is 18.8 Å². The third kappa shape index (κ3) is 3.69. The van der Waals surface area contributed by atoms with Crippen LogP contribution in [0.25, 0.3) is 0 Å². The second kappa shape index (κ2) is 6.53. The number of nitrogens with one attached hydrogen (secondary N) is 1. The van der Waals surface area contributed by atoms with Gasteiger partial charge >= 0.3 is 0 Å². The maximum Gasteiger partial charge on any atom is 0.220 e. The lowest BCUT2D eigenvalue weighted by molar-refractivity contribution is -0.124. The molecule has 0 unspecified atom stereocenters. The Labute approximate surface area is 109 Å². The minimum absolute atomic E-state index is 0.0417. The summed E-state index contributed by atoms with van der Waals surface area (Å²) in [5.41, 5.74) is 0. The van der Waals surface area contributed by atoms with E-state index in [4.69, 9.17) is 0 Å². The van der Waals surface area contributed by atoms with Crippen LogP contribution in [0.5, 0.6) is 0 Å². The molecule has 0 saturated heterocycles. The smallest absolute Gasteiger partial charge is 0.220 e. The first-order valence-electron chi connectivity index (χ1n) is 7.32. The summed E-state index contributed by atoms with van der Waals surface area (Å²) in [5.74, 6) is 0.567. The Morgan fingerprint density at radius 2 is 1.61 bits per heavy atom. The molecular weight excluding hydrogens is 230 g/mol. The molecule has 0 heterocycles. The Balaban J connectivity index is 1.80. The second-order valence-electron chi connectivity index (χ2n) is 5.87. The third-order valence-electron chi connectivity index (χ3n) is 4.37. The van der Waals surface area contributed by atoms with Crippen LogP contribution in [0.3, 0.4) is 0 Å². The Kier molecular flexibility index (Phi) is 5.01. The molecule has 0 spiro atoms. The van der Waals surface area contributed by atoms with Crippen molar-refractivity contribution in [2.75, 3.05) is 0 Å². The van der Waals surface area contributed by atoms with Gasteiger partial charge in [0.15, 0.2) is 0 Å². The highest BCUT2D eigenvalue weighted by Gasteiger charge is 2.30. The maximum atomic E-state index is 11.9. The van der Waals surface area contributed by atoms with Crippen LogP contribution in [-0.4, -0.2) is 34.4 Å². The topological polar surface area (TPSA) is 69.6 Å². The molecule has 2 aliphatic carbocycles. The third-order valence-corrected chi connectivity index (χ3v) is 4.37. The molecule has 2 aliphatic rings. The van der Waals surface area contributed by atoms with Crippen molar-refractivity contribution in [3.05, 3.63) is 0 Å². The van der Waals surface area contributed by atoms with E-state index in [0.717, 1.165) is 32.1 Å². The molecule has 0 radical (unpaired) electrons. The van der Waals surface area contributed by atoms with Gasteiger partial charge in [-0.3, -0.25) is 4.79 Å². The molecule has 2 rings (SSSR count). The lowest BCUT2D eigenvalue weighted by Crippen LogP contribution is -2.47. The fraction of sp³-hybridized carbons (Fsp3) is 0.929. The van der Waals surface area contributed by atoms with Crippen molar-refractivity contribution in [1.29, 1.82) is 0 Å². The van der Waals surface area contributed by atoms with Gasteiger partial charge in [-0.15, -0.1) is 0 Å². The molecule has 4 nitrogen and oxygen atoms in total. The largest absolute Gasteiger partial charge is 0.390 e. The van der Waals surface area contributed by atoms with E-state index in [1.54, 1.807) is 0 Å². The molecule has 3 atom stereocenters. The Morgan fingerprint density at radius 3 is 2.33 bits per heavy atom. The summed E-state index contributed by atoms with van der Waals surface area (Å²) in [6.45, 7) is 0. The zero-order chi connectivity index (χ0) is 13.0. The Hall–Kier alpha value is -0.610. The fourth-order valence-electron chi connectivity index (χ4n) is 3.23. The van der Waals surface area contributed by atoms with Crippen LogP contribution in [0, 0.1) is 5.92 Å². The van der Waals surface area contributed by atoms with E-state index in [1.165, 1.54) is 12.8 Å². The molecule has 0 bridgehead atoms. The van der Waals surface area contributed by atoms with Gasteiger partial charge in [0.1, 0.15) is 0 Å². The number of hydrogen-bond donors (Lipinski definition) is 3. The molecule has 0 aromatic heterocycles. The van der Waals surface area contributed by atoms with Gasteiger partial charge in [-0.05, 0) is 31.6 Å². The van der Waals surface area contributed by atoms with E-state index in [9.17, 15) is 15.0 Å². The van der Waals surface area contributed by atoms with Gasteiger partial charge in [0, 0.05) is 6.42 Å².